The SMILES string of the molecule is COc1cc(CO)c(C(C)O)c(OC)c1. The van der Waals surface area contributed by atoms with Gasteiger partial charge >= 0.3 is 0 Å². The molecule has 0 saturated heterocycles. The summed E-state index contributed by atoms with van der Waals surface area (Å²) in [6.45, 7) is 1.47. The average Bonchev–Trinajstić information content (AvgIpc) is 2.26. The fourth-order valence-corrected chi connectivity index (χ4v) is 1.55. The van der Waals surface area contributed by atoms with Crippen molar-refractivity contribution < 1.29 is 19.7 Å². The standard InChI is InChI=1S/C11H16O4/c1-7(13)11-8(6-12)4-9(14-2)5-10(11)15-3/h4-5,7,12-13H,6H2,1-3H3. The molecule has 0 radical (unpaired) electrons. The lowest BCUT2D eigenvalue weighted by molar-refractivity contribution is 0.188. The molecule has 15 heavy (non-hydrogen) atoms. The van der Waals surface area contributed by atoms with Gasteiger partial charge in [-0.15, -0.1) is 0 Å². The number of hydrogen-bond acceptors (Lipinski definition) is 4. The monoisotopic (exact) mass is 212 g/mol. The first-order valence-electron chi connectivity index (χ1n) is 4.67. The second-order valence-corrected chi connectivity index (χ2v) is 3.24. The Labute approximate surface area is 89.1 Å². The lowest BCUT2D eigenvalue weighted by Crippen LogP contribution is -2.03. The van der Waals surface area contributed by atoms with Crippen LogP contribution in [0.1, 0.15) is 24.2 Å². The van der Waals surface area contributed by atoms with Crippen LogP contribution in [0.3, 0.4) is 0 Å². The number of hydrogen-bond donors (Lipinski definition) is 2. The molecular formula is C11H16O4. The average molecular weight is 212 g/mol. The van der Waals surface area contributed by atoms with Gasteiger partial charge in [-0.05, 0) is 18.6 Å². The maximum absolute atomic E-state index is 9.58. The van der Waals surface area contributed by atoms with Crippen LogP contribution in [0.2, 0.25) is 0 Å². The Bertz CT molecular complexity index is 308. The van der Waals surface area contributed by atoms with Crippen LogP contribution < -0.4 is 9.47 Å². The first-order chi connectivity index (χ1) is 7.13. The molecule has 0 bridgehead atoms. The van der Waals surface area contributed by atoms with E-state index in [1.807, 2.05) is 0 Å². The summed E-state index contributed by atoms with van der Waals surface area (Å²) >= 11 is 0. The molecule has 0 fully saturated rings. The lowest BCUT2D eigenvalue weighted by atomic mass is 10.0. The Kier molecular flexibility index (Phi) is 3.94. The van der Waals surface area contributed by atoms with Gasteiger partial charge in [-0.1, -0.05) is 0 Å². The van der Waals surface area contributed by atoms with Crippen molar-refractivity contribution in [2.75, 3.05) is 14.2 Å². The van der Waals surface area contributed by atoms with E-state index in [1.54, 1.807) is 19.1 Å². The molecule has 0 aromatic heterocycles. The van der Waals surface area contributed by atoms with Gasteiger partial charge < -0.3 is 19.7 Å². The fourth-order valence-electron chi connectivity index (χ4n) is 1.55. The van der Waals surface area contributed by atoms with Crippen molar-refractivity contribution in [3.8, 4) is 11.5 Å². The fraction of sp³-hybridized carbons (Fsp3) is 0.455. The number of rotatable bonds is 4. The van der Waals surface area contributed by atoms with E-state index in [1.165, 1.54) is 14.2 Å². The van der Waals surface area contributed by atoms with Crippen molar-refractivity contribution in [2.45, 2.75) is 19.6 Å². The molecule has 1 atom stereocenters. The zero-order chi connectivity index (χ0) is 11.4. The predicted octanol–water partition coefficient (Wildman–Crippen LogP) is 1.25. The molecular weight excluding hydrogens is 196 g/mol. The number of benzene rings is 1. The second-order valence-electron chi connectivity index (χ2n) is 3.24. The Hall–Kier alpha value is -1.26. The zero-order valence-electron chi connectivity index (χ0n) is 9.15. The van der Waals surface area contributed by atoms with Crippen LogP contribution in [-0.4, -0.2) is 24.4 Å². The third kappa shape index (κ3) is 2.40. The summed E-state index contributed by atoms with van der Waals surface area (Å²) in [4.78, 5) is 0. The van der Waals surface area contributed by atoms with E-state index >= 15 is 0 Å². The van der Waals surface area contributed by atoms with E-state index in [4.69, 9.17) is 9.47 Å². The van der Waals surface area contributed by atoms with Gasteiger partial charge in [0.2, 0.25) is 0 Å². The van der Waals surface area contributed by atoms with Crippen molar-refractivity contribution in [1.29, 1.82) is 0 Å². The molecule has 0 saturated carbocycles. The molecule has 84 valence electrons. The number of ether oxygens (including phenoxy) is 2. The summed E-state index contributed by atoms with van der Waals surface area (Å²) in [7, 11) is 3.06. The van der Waals surface area contributed by atoms with E-state index in [2.05, 4.69) is 0 Å². The summed E-state index contributed by atoms with van der Waals surface area (Å²) in [5.41, 5.74) is 1.21. The van der Waals surface area contributed by atoms with Crippen LogP contribution in [0.25, 0.3) is 0 Å². The smallest absolute Gasteiger partial charge is 0.128 e. The van der Waals surface area contributed by atoms with E-state index in [-0.39, 0.29) is 6.61 Å². The highest BCUT2D eigenvalue weighted by atomic mass is 16.5. The van der Waals surface area contributed by atoms with E-state index in [0.29, 0.717) is 22.6 Å². The predicted molar refractivity (Wildman–Crippen MR) is 56.1 cm³/mol. The number of methoxy groups -OCH3 is 2. The Morgan fingerprint density at radius 2 is 1.93 bits per heavy atom. The van der Waals surface area contributed by atoms with Crippen molar-refractivity contribution >= 4 is 0 Å². The largest absolute Gasteiger partial charge is 0.497 e. The van der Waals surface area contributed by atoms with E-state index < -0.39 is 6.10 Å². The molecule has 4 heteroatoms. The quantitative estimate of drug-likeness (QED) is 0.788. The van der Waals surface area contributed by atoms with Gasteiger partial charge in [-0.2, -0.15) is 0 Å². The Morgan fingerprint density at radius 3 is 2.33 bits per heavy atom. The molecule has 1 unspecified atom stereocenters. The highest BCUT2D eigenvalue weighted by molar-refractivity contribution is 5.47. The maximum Gasteiger partial charge on any atom is 0.128 e. The molecule has 0 aliphatic rings. The van der Waals surface area contributed by atoms with Crippen molar-refractivity contribution in [2.24, 2.45) is 0 Å². The molecule has 0 spiro atoms. The van der Waals surface area contributed by atoms with Crippen LogP contribution in [0, 0.1) is 0 Å². The van der Waals surface area contributed by atoms with Crippen LogP contribution >= 0.6 is 0 Å². The molecule has 1 aromatic carbocycles. The van der Waals surface area contributed by atoms with Crippen molar-refractivity contribution in [3.63, 3.8) is 0 Å². The molecule has 0 heterocycles. The van der Waals surface area contributed by atoms with Crippen LogP contribution in [0.4, 0.5) is 0 Å². The first-order valence-corrected chi connectivity index (χ1v) is 4.67. The van der Waals surface area contributed by atoms with Gasteiger partial charge in [-0.25, -0.2) is 0 Å². The molecule has 1 rings (SSSR count). The molecule has 0 aliphatic carbocycles. The molecule has 2 N–H and O–H groups in total. The second kappa shape index (κ2) is 5.00. The minimum Gasteiger partial charge on any atom is -0.497 e. The Morgan fingerprint density at radius 1 is 1.27 bits per heavy atom. The summed E-state index contributed by atoms with van der Waals surface area (Å²) in [6, 6.07) is 3.37. The van der Waals surface area contributed by atoms with Crippen molar-refractivity contribution in [1.82, 2.24) is 0 Å². The summed E-state index contributed by atoms with van der Waals surface area (Å²) in [6.07, 6.45) is -0.687. The maximum atomic E-state index is 9.58. The number of aliphatic hydroxyl groups is 2. The summed E-state index contributed by atoms with van der Waals surface area (Å²) in [5.74, 6) is 1.12. The van der Waals surface area contributed by atoms with Crippen molar-refractivity contribution in [3.05, 3.63) is 23.3 Å². The summed E-state index contributed by atoms with van der Waals surface area (Å²) in [5, 5.41) is 18.8. The van der Waals surface area contributed by atoms with Gasteiger partial charge in [0.25, 0.3) is 0 Å². The minimum absolute atomic E-state index is 0.159. The van der Waals surface area contributed by atoms with Gasteiger partial charge in [0.15, 0.2) is 0 Å². The van der Waals surface area contributed by atoms with Crippen LogP contribution in [-0.2, 0) is 6.61 Å². The highest BCUT2D eigenvalue weighted by Crippen LogP contribution is 2.33. The topological polar surface area (TPSA) is 58.9 Å². The highest BCUT2D eigenvalue weighted by Gasteiger charge is 2.15. The van der Waals surface area contributed by atoms with Crippen LogP contribution in [0.15, 0.2) is 12.1 Å². The minimum atomic E-state index is -0.687. The van der Waals surface area contributed by atoms with E-state index in [0.717, 1.165) is 0 Å². The number of aliphatic hydroxyl groups excluding tert-OH is 2. The zero-order valence-corrected chi connectivity index (χ0v) is 9.15. The molecule has 0 aliphatic heterocycles. The van der Waals surface area contributed by atoms with Crippen LogP contribution in [0.5, 0.6) is 11.5 Å². The van der Waals surface area contributed by atoms with Gasteiger partial charge in [-0.3, -0.25) is 0 Å². The third-order valence-electron chi connectivity index (χ3n) is 2.24. The van der Waals surface area contributed by atoms with Gasteiger partial charge in [0, 0.05) is 11.6 Å². The van der Waals surface area contributed by atoms with E-state index in [9.17, 15) is 10.2 Å². The van der Waals surface area contributed by atoms with Gasteiger partial charge in [0.05, 0.1) is 26.9 Å². The normalized spacial score (nSPS) is 12.3. The molecule has 1 aromatic rings. The molecule has 4 nitrogen and oxygen atoms in total. The first kappa shape index (κ1) is 11.8. The third-order valence-corrected chi connectivity index (χ3v) is 2.24. The lowest BCUT2D eigenvalue weighted by Gasteiger charge is -2.16. The molecule has 0 amide bonds. The Balaban J connectivity index is 3.32. The van der Waals surface area contributed by atoms with Gasteiger partial charge in [0.1, 0.15) is 11.5 Å². The summed E-state index contributed by atoms with van der Waals surface area (Å²) < 4.78 is 10.2.